The fourth-order valence-electron chi connectivity index (χ4n) is 4.46. The maximum absolute atomic E-state index is 13.8. The summed E-state index contributed by atoms with van der Waals surface area (Å²) in [4.78, 5) is 2.61. The molecule has 1 atom stereocenters. The summed E-state index contributed by atoms with van der Waals surface area (Å²) in [5.74, 6) is 0.513. The second-order valence-electron chi connectivity index (χ2n) is 7.12. The monoisotopic (exact) mass is 303 g/mol. The van der Waals surface area contributed by atoms with Crippen molar-refractivity contribution in [1.82, 2.24) is 4.90 Å². The van der Waals surface area contributed by atoms with E-state index < -0.39 is 0 Å². The molecule has 1 spiro atoms. The molecule has 3 aliphatic rings. The molecule has 2 nitrogen and oxygen atoms in total. The summed E-state index contributed by atoms with van der Waals surface area (Å²) in [6, 6.07) is 0. The van der Waals surface area contributed by atoms with Crippen molar-refractivity contribution in [2.75, 3.05) is 19.6 Å². The van der Waals surface area contributed by atoms with Gasteiger partial charge in [0, 0.05) is 31.5 Å². The van der Waals surface area contributed by atoms with Crippen molar-refractivity contribution in [3.63, 3.8) is 0 Å². The number of piperidine rings is 1. The zero-order chi connectivity index (χ0) is 15.7. The van der Waals surface area contributed by atoms with Crippen LogP contribution in [0, 0.1) is 5.92 Å². The lowest BCUT2D eigenvalue weighted by molar-refractivity contribution is -0.536. The molecule has 0 amide bonds. The van der Waals surface area contributed by atoms with Crippen molar-refractivity contribution in [3.05, 3.63) is 35.3 Å². The zero-order valence-corrected chi connectivity index (χ0v) is 13.9. The van der Waals surface area contributed by atoms with Crippen molar-refractivity contribution >= 4 is 6.72 Å². The van der Waals surface area contributed by atoms with Crippen LogP contribution in [0.25, 0.3) is 0 Å². The standard InChI is InChI=1S/C19H28FN2/c1-4-5-10-22-18-7-6-16(20)13-17(18)15(2)14-19(22)8-11-21(3)12-9-19/h4-5,13,15H,3,6-12,14H2,1-2H3/q+1/b5-4+. The first kappa shape index (κ1) is 15.5. The highest BCUT2D eigenvalue weighted by Gasteiger charge is 2.47. The number of halogens is 1. The molecule has 0 radical (unpaired) electrons. The van der Waals surface area contributed by atoms with Crippen LogP contribution in [0.15, 0.2) is 35.3 Å². The third-order valence-electron chi connectivity index (χ3n) is 5.67. The molecule has 2 heterocycles. The van der Waals surface area contributed by atoms with Gasteiger partial charge in [0.15, 0.2) is 0 Å². The Kier molecular flexibility index (Phi) is 4.24. The van der Waals surface area contributed by atoms with E-state index in [1.54, 1.807) is 0 Å². The molecule has 22 heavy (non-hydrogen) atoms. The van der Waals surface area contributed by atoms with Gasteiger partial charge in [-0.05, 0) is 37.3 Å². The van der Waals surface area contributed by atoms with Gasteiger partial charge in [-0.2, -0.15) is 0 Å². The Morgan fingerprint density at radius 2 is 2.14 bits per heavy atom. The van der Waals surface area contributed by atoms with Gasteiger partial charge < -0.3 is 4.90 Å². The molecule has 1 aliphatic carbocycles. The molecule has 1 unspecified atom stereocenters. The molecule has 0 N–H and O–H groups in total. The molecule has 0 aromatic heterocycles. The van der Waals surface area contributed by atoms with E-state index in [4.69, 9.17) is 0 Å². The predicted octanol–water partition coefficient (Wildman–Crippen LogP) is 4.05. The highest BCUT2D eigenvalue weighted by molar-refractivity contribution is 5.37. The van der Waals surface area contributed by atoms with Crippen LogP contribution in [0.2, 0.25) is 0 Å². The quantitative estimate of drug-likeness (QED) is 0.551. The molecule has 3 rings (SSSR count). The third-order valence-corrected chi connectivity index (χ3v) is 5.67. The molecular formula is C19H28FN2+. The van der Waals surface area contributed by atoms with Crippen molar-refractivity contribution in [1.29, 1.82) is 0 Å². The minimum absolute atomic E-state index is 0.0557. The molecule has 1 saturated heterocycles. The molecule has 120 valence electrons. The lowest BCUT2D eigenvalue weighted by Gasteiger charge is -2.53. The first-order chi connectivity index (χ1) is 10.6. The van der Waals surface area contributed by atoms with Crippen LogP contribution in [0.5, 0.6) is 0 Å². The summed E-state index contributed by atoms with van der Waals surface area (Å²) in [5, 5.41) is 0. The normalized spacial score (nSPS) is 28.3. The molecule has 3 heteroatoms. The van der Waals surface area contributed by atoms with Crippen molar-refractivity contribution < 1.29 is 8.97 Å². The highest BCUT2D eigenvalue weighted by atomic mass is 19.1. The van der Waals surface area contributed by atoms with Crippen LogP contribution in [0.3, 0.4) is 0 Å². The summed E-state index contributed by atoms with van der Waals surface area (Å²) in [6.07, 6.45) is 11.1. The molecule has 0 bridgehead atoms. The second-order valence-corrected chi connectivity index (χ2v) is 7.12. The van der Waals surface area contributed by atoms with Crippen molar-refractivity contribution in [2.24, 2.45) is 5.92 Å². The fraction of sp³-hybridized carbons (Fsp3) is 0.632. The SMILES string of the molecule is C=[N+]1CCC2(CC1)CC(C)C1=C(CCC(F)=C1)N2C/C=C/C. The van der Waals surface area contributed by atoms with Crippen molar-refractivity contribution in [2.45, 2.75) is 51.5 Å². The number of hydrogen-bond acceptors (Lipinski definition) is 1. The average Bonchev–Trinajstić information content (AvgIpc) is 2.51. The molecule has 0 aromatic carbocycles. The molecule has 1 fully saturated rings. The predicted molar refractivity (Wildman–Crippen MR) is 89.8 cm³/mol. The van der Waals surface area contributed by atoms with Crippen LogP contribution in [-0.2, 0) is 0 Å². The van der Waals surface area contributed by atoms with E-state index in [0.29, 0.717) is 12.3 Å². The third kappa shape index (κ3) is 2.66. The Morgan fingerprint density at radius 1 is 1.41 bits per heavy atom. The first-order valence-electron chi connectivity index (χ1n) is 8.59. The summed E-state index contributed by atoms with van der Waals surface area (Å²) in [6.45, 7) is 11.5. The van der Waals surface area contributed by atoms with E-state index in [0.717, 1.165) is 32.5 Å². The topological polar surface area (TPSA) is 6.25 Å². The Labute approximate surface area is 133 Å². The Bertz CT molecular complexity index is 546. The van der Waals surface area contributed by atoms with E-state index in [9.17, 15) is 4.39 Å². The Balaban J connectivity index is 2.00. The van der Waals surface area contributed by atoms with E-state index in [1.165, 1.54) is 24.1 Å². The van der Waals surface area contributed by atoms with Gasteiger partial charge in [0.1, 0.15) is 25.6 Å². The Morgan fingerprint density at radius 3 is 2.82 bits per heavy atom. The first-order valence-corrected chi connectivity index (χ1v) is 8.59. The van der Waals surface area contributed by atoms with Crippen LogP contribution in [0.4, 0.5) is 4.39 Å². The van der Waals surface area contributed by atoms with E-state index in [-0.39, 0.29) is 11.4 Å². The minimum atomic E-state index is 0.0557. The van der Waals surface area contributed by atoms with Crippen molar-refractivity contribution in [3.8, 4) is 0 Å². The molecule has 0 saturated carbocycles. The number of allylic oxidation sites excluding steroid dienone is 5. The van der Waals surface area contributed by atoms with Gasteiger partial charge in [-0.1, -0.05) is 19.1 Å². The lowest BCUT2D eigenvalue weighted by atomic mass is 9.71. The average molecular weight is 303 g/mol. The van der Waals surface area contributed by atoms with Crippen LogP contribution in [-0.4, -0.2) is 41.4 Å². The van der Waals surface area contributed by atoms with Crippen LogP contribution < -0.4 is 0 Å². The minimum Gasteiger partial charge on any atom is -0.365 e. The van der Waals surface area contributed by atoms with Gasteiger partial charge in [0.25, 0.3) is 0 Å². The van der Waals surface area contributed by atoms with Gasteiger partial charge in [0.05, 0.1) is 5.54 Å². The number of nitrogens with zero attached hydrogens (tertiary/aromatic N) is 2. The summed E-state index contributed by atoms with van der Waals surface area (Å²) >= 11 is 0. The van der Waals surface area contributed by atoms with Gasteiger partial charge in [-0.25, -0.2) is 8.97 Å². The summed E-state index contributed by atoms with van der Waals surface area (Å²) in [7, 11) is 0. The molecule has 2 aliphatic heterocycles. The largest absolute Gasteiger partial charge is 0.365 e. The van der Waals surface area contributed by atoms with Gasteiger partial charge in [-0.15, -0.1) is 0 Å². The molecule has 0 aromatic rings. The Hall–Kier alpha value is -1.38. The maximum Gasteiger partial charge on any atom is 0.144 e. The second kappa shape index (κ2) is 6.02. The maximum atomic E-state index is 13.8. The zero-order valence-electron chi connectivity index (χ0n) is 13.9. The van der Waals surface area contributed by atoms with E-state index >= 15 is 0 Å². The van der Waals surface area contributed by atoms with Crippen LogP contribution >= 0.6 is 0 Å². The molecular weight excluding hydrogens is 275 g/mol. The fourth-order valence-corrected chi connectivity index (χ4v) is 4.46. The van der Waals surface area contributed by atoms with Gasteiger partial charge in [0.2, 0.25) is 0 Å². The number of hydrogen-bond donors (Lipinski definition) is 0. The smallest absolute Gasteiger partial charge is 0.144 e. The highest BCUT2D eigenvalue weighted by Crippen LogP contribution is 2.47. The lowest BCUT2D eigenvalue weighted by Crippen LogP contribution is -2.56. The van der Waals surface area contributed by atoms with E-state index in [1.807, 2.05) is 6.08 Å². The summed E-state index contributed by atoms with van der Waals surface area (Å²) in [5.41, 5.74) is 2.89. The summed E-state index contributed by atoms with van der Waals surface area (Å²) < 4.78 is 16.0. The van der Waals surface area contributed by atoms with E-state index in [2.05, 4.69) is 42.2 Å². The number of rotatable bonds is 2. The van der Waals surface area contributed by atoms with Gasteiger partial charge >= 0.3 is 0 Å². The van der Waals surface area contributed by atoms with Crippen LogP contribution in [0.1, 0.15) is 46.0 Å². The van der Waals surface area contributed by atoms with Gasteiger partial charge in [-0.3, -0.25) is 0 Å².